The lowest BCUT2D eigenvalue weighted by molar-refractivity contribution is -0.130. The van der Waals surface area contributed by atoms with Crippen LogP contribution in [0.5, 0.6) is 0 Å². The van der Waals surface area contributed by atoms with Gasteiger partial charge in [-0.15, -0.1) is 11.8 Å². The van der Waals surface area contributed by atoms with Crippen molar-refractivity contribution in [1.82, 2.24) is 4.90 Å². The maximum Gasteiger partial charge on any atom is 0.232 e. The molecule has 0 bridgehead atoms. The standard InChI is InChI=1S/C13H25NOS/c1-5-14(11-8-6-7-9-11)12(15)10-16-13(2,3)4/h11H,5-10H2,1-4H3. The number of rotatable bonds is 4. The van der Waals surface area contributed by atoms with Crippen molar-refractivity contribution in [1.29, 1.82) is 0 Å². The average molecular weight is 243 g/mol. The number of hydrogen-bond donors (Lipinski definition) is 0. The molecule has 0 saturated heterocycles. The Morgan fingerprint density at radius 1 is 1.31 bits per heavy atom. The van der Waals surface area contributed by atoms with Crippen LogP contribution in [0.25, 0.3) is 0 Å². The molecule has 0 radical (unpaired) electrons. The minimum absolute atomic E-state index is 0.185. The molecule has 1 fully saturated rings. The summed E-state index contributed by atoms with van der Waals surface area (Å²) in [6, 6.07) is 0.526. The van der Waals surface area contributed by atoms with Crippen LogP contribution in [0.2, 0.25) is 0 Å². The van der Waals surface area contributed by atoms with Gasteiger partial charge in [0.05, 0.1) is 5.75 Å². The van der Waals surface area contributed by atoms with E-state index >= 15 is 0 Å². The highest BCUT2D eigenvalue weighted by Gasteiger charge is 2.26. The molecule has 1 amide bonds. The Morgan fingerprint density at radius 3 is 2.31 bits per heavy atom. The number of carbonyl (C=O) groups excluding carboxylic acids is 1. The van der Waals surface area contributed by atoms with Gasteiger partial charge in [-0.3, -0.25) is 4.79 Å². The predicted molar refractivity (Wildman–Crippen MR) is 71.9 cm³/mol. The second-order valence-corrected chi connectivity index (χ2v) is 7.32. The third-order valence-corrected chi connectivity index (χ3v) is 4.31. The second-order valence-electron chi connectivity index (χ2n) is 5.52. The summed E-state index contributed by atoms with van der Waals surface area (Å²) in [5.41, 5.74) is 0. The fraction of sp³-hybridized carbons (Fsp3) is 0.923. The first-order chi connectivity index (χ1) is 7.44. The normalized spacial score (nSPS) is 17.8. The van der Waals surface area contributed by atoms with Crippen LogP contribution < -0.4 is 0 Å². The molecule has 0 spiro atoms. The quantitative estimate of drug-likeness (QED) is 0.755. The summed E-state index contributed by atoms with van der Waals surface area (Å²) in [5.74, 6) is 0.961. The fourth-order valence-corrected chi connectivity index (χ4v) is 2.94. The number of amides is 1. The second kappa shape index (κ2) is 5.95. The molecule has 0 heterocycles. The highest BCUT2D eigenvalue weighted by atomic mass is 32.2. The van der Waals surface area contributed by atoms with Gasteiger partial charge in [-0.05, 0) is 19.8 Å². The van der Waals surface area contributed by atoms with Gasteiger partial charge in [0.15, 0.2) is 0 Å². The summed E-state index contributed by atoms with van der Waals surface area (Å²) in [7, 11) is 0. The zero-order valence-corrected chi connectivity index (χ0v) is 11.9. The fourth-order valence-electron chi connectivity index (χ4n) is 2.22. The highest BCUT2D eigenvalue weighted by Crippen LogP contribution is 2.26. The molecule has 94 valence electrons. The Balaban J connectivity index is 2.43. The average Bonchev–Trinajstić information content (AvgIpc) is 2.68. The van der Waals surface area contributed by atoms with E-state index in [0.29, 0.717) is 17.7 Å². The van der Waals surface area contributed by atoms with Crippen molar-refractivity contribution in [3.63, 3.8) is 0 Å². The van der Waals surface area contributed by atoms with Gasteiger partial charge in [0, 0.05) is 17.3 Å². The zero-order chi connectivity index (χ0) is 12.2. The molecule has 1 saturated carbocycles. The van der Waals surface area contributed by atoms with E-state index in [2.05, 4.69) is 32.6 Å². The van der Waals surface area contributed by atoms with Gasteiger partial charge in [-0.25, -0.2) is 0 Å². The molecule has 0 aromatic carbocycles. The maximum absolute atomic E-state index is 12.1. The van der Waals surface area contributed by atoms with Crippen LogP contribution in [0, 0.1) is 0 Å². The summed E-state index contributed by atoms with van der Waals surface area (Å²) in [6.45, 7) is 9.45. The van der Waals surface area contributed by atoms with Gasteiger partial charge in [0.25, 0.3) is 0 Å². The molecule has 1 aliphatic rings. The van der Waals surface area contributed by atoms with Crippen LogP contribution in [-0.2, 0) is 4.79 Å². The Kier molecular flexibility index (Phi) is 5.16. The number of carbonyl (C=O) groups is 1. The van der Waals surface area contributed by atoms with E-state index in [4.69, 9.17) is 0 Å². The van der Waals surface area contributed by atoms with Crippen molar-refractivity contribution >= 4 is 17.7 Å². The van der Waals surface area contributed by atoms with Crippen LogP contribution in [0.4, 0.5) is 0 Å². The molecule has 0 unspecified atom stereocenters. The molecule has 1 aliphatic carbocycles. The third-order valence-electron chi connectivity index (χ3n) is 3.06. The van der Waals surface area contributed by atoms with Crippen LogP contribution in [0.3, 0.4) is 0 Å². The molecule has 0 aromatic rings. The van der Waals surface area contributed by atoms with Gasteiger partial charge in [0.2, 0.25) is 5.91 Å². The summed E-state index contributed by atoms with van der Waals surface area (Å²) < 4.78 is 0.185. The van der Waals surface area contributed by atoms with Crippen LogP contribution in [-0.4, -0.2) is 33.9 Å². The van der Waals surface area contributed by atoms with E-state index in [1.54, 1.807) is 11.8 Å². The summed E-state index contributed by atoms with van der Waals surface area (Å²) in [4.78, 5) is 14.2. The molecule has 3 heteroatoms. The smallest absolute Gasteiger partial charge is 0.232 e. The Morgan fingerprint density at radius 2 is 1.88 bits per heavy atom. The monoisotopic (exact) mass is 243 g/mol. The van der Waals surface area contributed by atoms with Crippen molar-refractivity contribution in [3.05, 3.63) is 0 Å². The van der Waals surface area contributed by atoms with Gasteiger partial charge in [-0.2, -0.15) is 0 Å². The van der Waals surface area contributed by atoms with Crippen LogP contribution >= 0.6 is 11.8 Å². The largest absolute Gasteiger partial charge is 0.339 e. The maximum atomic E-state index is 12.1. The minimum Gasteiger partial charge on any atom is -0.339 e. The van der Waals surface area contributed by atoms with E-state index in [-0.39, 0.29) is 4.75 Å². The highest BCUT2D eigenvalue weighted by molar-refractivity contribution is 8.01. The molecular weight excluding hydrogens is 218 g/mol. The third kappa shape index (κ3) is 4.36. The minimum atomic E-state index is 0.185. The molecule has 0 N–H and O–H groups in total. The summed E-state index contributed by atoms with van der Waals surface area (Å²) >= 11 is 1.75. The van der Waals surface area contributed by atoms with E-state index in [0.717, 1.165) is 6.54 Å². The molecular formula is C13H25NOS. The van der Waals surface area contributed by atoms with Crippen molar-refractivity contribution < 1.29 is 4.79 Å². The van der Waals surface area contributed by atoms with Crippen molar-refractivity contribution in [3.8, 4) is 0 Å². The molecule has 0 atom stereocenters. The molecule has 16 heavy (non-hydrogen) atoms. The van der Waals surface area contributed by atoms with E-state index in [1.807, 2.05) is 0 Å². The predicted octanol–water partition coefficient (Wildman–Crippen LogP) is 3.31. The van der Waals surface area contributed by atoms with Crippen LogP contribution in [0.1, 0.15) is 53.4 Å². The molecule has 2 nitrogen and oxygen atoms in total. The Bertz CT molecular complexity index is 229. The summed E-state index contributed by atoms with van der Waals surface area (Å²) in [6.07, 6.45) is 5.00. The van der Waals surface area contributed by atoms with Crippen molar-refractivity contribution in [2.75, 3.05) is 12.3 Å². The zero-order valence-electron chi connectivity index (χ0n) is 11.1. The summed E-state index contributed by atoms with van der Waals surface area (Å²) in [5, 5.41) is 0. The lowest BCUT2D eigenvalue weighted by atomic mass is 10.2. The topological polar surface area (TPSA) is 20.3 Å². The van der Waals surface area contributed by atoms with Crippen molar-refractivity contribution in [2.24, 2.45) is 0 Å². The number of nitrogens with zero attached hydrogens (tertiary/aromatic N) is 1. The first-order valence-corrected chi connectivity index (χ1v) is 7.36. The first-order valence-electron chi connectivity index (χ1n) is 6.37. The van der Waals surface area contributed by atoms with E-state index < -0.39 is 0 Å². The SMILES string of the molecule is CCN(C(=O)CSC(C)(C)C)C1CCCC1. The lowest BCUT2D eigenvalue weighted by Crippen LogP contribution is -2.40. The van der Waals surface area contributed by atoms with E-state index in [9.17, 15) is 4.79 Å². The Labute approximate surface area is 104 Å². The Hall–Kier alpha value is -0.180. The molecule has 0 aliphatic heterocycles. The first kappa shape index (κ1) is 13.9. The van der Waals surface area contributed by atoms with Crippen LogP contribution in [0.15, 0.2) is 0 Å². The molecule has 0 aromatic heterocycles. The van der Waals surface area contributed by atoms with Gasteiger partial charge in [-0.1, -0.05) is 33.6 Å². The van der Waals surface area contributed by atoms with Gasteiger partial charge >= 0.3 is 0 Å². The van der Waals surface area contributed by atoms with Gasteiger partial charge < -0.3 is 4.90 Å². The van der Waals surface area contributed by atoms with Crippen molar-refractivity contribution in [2.45, 2.75) is 64.2 Å². The van der Waals surface area contributed by atoms with Gasteiger partial charge in [0.1, 0.15) is 0 Å². The molecule has 1 rings (SSSR count). The number of hydrogen-bond acceptors (Lipinski definition) is 2. The number of thioether (sulfide) groups is 1. The van der Waals surface area contributed by atoms with E-state index in [1.165, 1.54) is 25.7 Å². The lowest BCUT2D eigenvalue weighted by Gasteiger charge is -2.29.